The minimum Gasteiger partial charge on any atom is -0.465 e. The maximum atomic E-state index is 11.3. The first-order valence-electron chi connectivity index (χ1n) is 4.54. The molecule has 0 fully saturated rings. The molecule has 3 nitrogen and oxygen atoms in total. The van der Waals surface area contributed by atoms with Gasteiger partial charge in [-0.2, -0.15) is 0 Å². The third-order valence-corrected chi connectivity index (χ3v) is 3.42. The summed E-state index contributed by atoms with van der Waals surface area (Å²) in [6.07, 6.45) is 1.05. The number of ether oxygens (including phenoxy) is 1. The van der Waals surface area contributed by atoms with Gasteiger partial charge < -0.3 is 9.84 Å². The van der Waals surface area contributed by atoms with E-state index in [1.807, 2.05) is 13.8 Å². The van der Waals surface area contributed by atoms with Gasteiger partial charge in [0.1, 0.15) is 4.83 Å². The van der Waals surface area contributed by atoms with E-state index in [0.717, 1.165) is 0 Å². The first kappa shape index (κ1) is 12.9. The van der Waals surface area contributed by atoms with Crippen LogP contribution >= 0.6 is 15.9 Å². The topological polar surface area (TPSA) is 46.5 Å². The van der Waals surface area contributed by atoms with Crippen LogP contribution in [0.3, 0.4) is 0 Å². The van der Waals surface area contributed by atoms with Gasteiger partial charge in [0.05, 0.1) is 12.2 Å². The maximum Gasteiger partial charge on any atom is 0.322 e. The van der Waals surface area contributed by atoms with Crippen LogP contribution in [0.4, 0.5) is 0 Å². The van der Waals surface area contributed by atoms with Gasteiger partial charge in [-0.15, -0.1) is 0 Å². The molecule has 0 saturated heterocycles. The van der Waals surface area contributed by atoms with Gasteiger partial charge in [0.15, 0.2) is 0 Å². The minimum absolute atomic E-state index is 0.338. The van der Waals surface area contributed by atoms with E-state index >= 15 is 0 Å². The Kier molecular flexibility index (Phi) is 5.56. The van der Waals surface area contributed by atoms with Crippen LogP contribution in [0.5, 0.6) is 0 Å². The summed E-state index contributed by atoms with van der Waals surface area (Å²) >= 11 is 3.16. The fraction of sp³-hybridized carbons (Fsp3) is 0.889. The summed E-state index contributed by atoms with van der Waals surface area (Å²) < 4.78 is 4.81. The summed E-state index contributed by atoms with van der Waals surface area (Å²) in [4.78, 5) is 10.6. The predicted molar refractivity (Wildman–Crippen MR) is 54.9 cm³/mol. The molecule has 0 saturated carbocycles. The molecule has 0 radical (unpaired) electrons. The van der Waals surface area contributed by atoms with Crippen LogP contribution in [-0.2, 0) is 9.53 Å². The van der Waals surface area contributed by atoms with Gasteiger partial charge in [-0.3, -0.25) is 4.79 Å². The van der Waals surface area contributed by atoms with E-state index in [9.17, 15) is 9.90 Å². The molecule has 0 aliphatic heterocycles. The number of halogens is 1. The average Bonchev–Trinajstić information content (AvgIpc) is 2.16. The van der Waals surface area contributed by atoms with Crippen LogP contribution in [0.25, 0.3) is 0 Å². The second-order valence-electron chi connectivity index (χ2n) is 2.93. The van der Waals surface area contributed by atoms with Gasteiger partial charge in [-0.05, 0) is 19.8 Å². The molecule has 1 unspecified atom stereocenters. The average molecular weight is 253 g/mol. The molecule has 0 spiro atoms. The molecule has 0 aliphatic carbocycles. The third kappa shape index (κ3) is 3.27. The first-order valence-corrected chi connectivity index (χ1v) is 5.46. The maximum absolute atomic E-state index is 11.3. The molecular weight excluding hydrogens is 236 g/mol. The number of esters is 1. The summed E-state index contributed by atoms with van der Waals surface area (Å²) in [5, 5.41) is 9.95. The molecule has 0 aromatic heterocycles. The van der Waals surface area contributed by atoms with Crippen LogP contribution in [0.1, 0.15) is 33.6 Å². The summed E-state index contributed by atoms with van der Waals surface area (Å²) in [6.45, 7) is 5.77. The number of aliphatic hydroxyl groups is 1. The quantitative estimate of drug-likeness (QED) is 0.601. The van der Waals surface area contributed by atoms with Crippen LogP contribution in [0, 0.1) is 0 Å². The highest BCUT2D eigenvalue weighted by molar-refractivity contribution is 9.10. The van der Waals surface area contributed by atoms with Gasteiger partial charge in [0, 0.05) is 0 Å². The van der Waals surface area contributed by atoms with Crippen LogP contribution in [-0.4, -0.2) is 28.1 Å². The molecule has 1 N–H and O–H groups in total. The number of rotatable bonds is 5. The summed E-state index contributed by atoms with van der Waals surface area (Å²) in [7, 11) is 0. The highest BCUT2D eigenvalue weighted by Gasteiger charge is 2.37. The first-order chi connectivity index (χ1) is 6.01. The van der Waals surface area contributed by atoms with E-state index in [4.69, 9.17) is 4.74 Å². The molecule has 0 amide bonds. The molecule has 0 aromatic carbocycles. The largest absolute Gasteiger partial charge is 0.465 e. The Morgan fingerprint density at radius 3 is 2.23 bits per heavy atom. The number of alkyl halides is 1. The zero-order chi connectivity index (χ0) is 10.5. The fourth-order valence-corrected chi connectivity index (χ4v) is 1.82. The van der Waals surface area contributed by atoms with Gasteiger partial charge >= 0.3 is 5.97 Å². The molecule has 1 atom stereocenters. The van der Waals surface area contributed by atoms with Crippen molar-refractivity contribution in [3.05, 3.63) is 0 Å². The highest BCUT2D eigenvalue weighted by atomic mass is 79.9. The van der Waals surface area contributed by atoms with Gasteiger partial charge in [-0.1, -0.05) is 29.8 Å². The Bertz CT molecular complexity index is 166. The zero-order valence-corrected chi connectivity index (χ0v) is 9.93. The van der Waals surface area contributed by atoms with Crippen molar-refractivity contribution < 1.29 is 14.6 Å². The van der Waals surface area contributed by atoms with Crippen molar-refractivity contribution in [3.8, 4) is 0 Å². The molecule has 0 aromatic rings. The second kappa shape index (κ2) is 5.60. The van der Waals surface area contributed by atoms with Crippen LogP contribution in [0.15, 0.2) is 0 Å². The third-order valence-electron chi connectivity index (χ3n) is 2.19. The van der Waals surface area contributed by atoms with Crippen LogP contribution < -0.4 is 0 Å². The predicted octanol–water partition coefficient (Wildman–Crippen LogP) is 1.86. The van der Waals surface area contributed by atoms with Crippen molar-refractivity contribution in [2.75, 3.05) is 6.61 Å². The lowest BCUT2D eigenvalue weighted by atomic mass is 9.93. The van der Waals surface area contributed by atoms with Crippen molar-refractivity contribution in [2.45, 2.75) is 44.0 Å². The lowest BCUT2D eigenvalue weighted by Crippen LogP contribution is -2.43. The van der Waals surface area contributed by atoms with E-state index in [-0.39, 0.29) is 0 Å². The standard InChI is InChI=1S/C9H17BrO3/c1-4-9(12,5-2)7(10)8(11)13-6-3/h7,12H,4-6H2,1-3H3. The molecule has 0 rings (SSSR count). The molecule has 0 bridgehead atoms. The highest BCUT2D eigenvalue weighted by Crippen LogP contribution is 2.26. The van der Waals surface area contributed by atoms with Crippen molar-refractivity contribution in [3.63, 3.8) is 0 Å². The van der Waals surface area contributed by atoms with Crippen molar-refractivity contribution in [2.24, 2.45) is 0 Å². The fourth-order valence-electron chi connectivity index (χ4n) is 1.04. The Morgan fingerprint density at radius 1 is 1.46 bits per heavy atom. The molecule has 78 valence electrons. The summed E-state index contributed by atoms with van der Waals surface area (Å²) in [6, 6.07) is 0. The Labute approximate surface area is 87.6 Å². The SMILES string of the molecule is CCOC(=O)C(Br)C(O)(CC)CC. The summed E-state index contributed by atoms with van der Waals surface area (Å²) in [5.74, 6) is -0.395. The van der Waals surface area contributed by atoms with E-state index in [1.54, 1.807) is 6.92 Å². The Morgan fingerprint density at radius 2 is 1.92 bits per heavy atom. The number of hydrogen-bond donors (Lipinski definition) is 1. The number of carbonyl (C=O) groups excluding carboxylic acids is 1. The lowest BCUT2D eigenvalue weighted by molar-refractivity contribution is -0.147. The monoisotopic (exact) mass is 252 g/mol. The Balaban J connectivity index is 4.36. The normalized spacial score (nSPS) is 13.9. The number of carbonyl (C=O) groups is 1. The van der Waals surface area contributed by atoms with Crippen molar-refractivity contribution in [1.82, 2.24) is 0 Å². The smallest absolute Gasteiger partial charge is 0.322 e. The summed E-state index contributed by atoms with van der Waals surface area (Å²) in [5.41, 5.74) is -0.994. The molecular formula is C9H17BrO3. The Hall–Kier alpha value is -0.0900. The van der Waals surface area contributed by atoms with E-state index in [0.29, 0.717) is 19.4 Å². The van der Waals surface area contributed by atoms with Gasteiger partial charge in [0.25, 0.3) is 0 Å². The molecule has 13 heavy (non-hydrogen) atoms. The number of hydrogen-bond acceptors (Lipinski definition) is 3. The lowest BCUT2D eigenvalue weighted by Gasteiger charge is -2.28. The van der Waals surface area contributed by atoms with E-state index in [1.165, 1.54) is 0 Å². The molecule has 0 aliphatic rings. The zero-order valence-electron chi connectivity index (χ0n) is 8.34. The van der Waals surface area contributed by atoms with Gasteiger partial charge in [-0.25, -0.2) is 0 Å². The van der Waals surface area contributed by atoms with E-state index < -0.39 is 16.4 Å². The van der Waals surface area contributed by atoms with E-state index in [2.05, 4.69) is 15.9 Å². The van der Waals surface area contributed by atoms with Crippen molar-refractivity contribution in [1.29, 1.82) is 0 Å². The van der Waals surface area contributed by atoms with Crippen LogP contribution in [0.2, 0.25) is 0 Å². The van der Waals surface area contributed by atoms with Crippen molar-refractivity contribution >= 4 is 21.9 Å². The molecule has 0 heterocycles. The molecule has 4 heteroatoms. The van der Waals surface area contributed by atoms with Gasteiger partial charge in [0.2, 0.25) is 0 Å². The second-order valence-corrected chi connectivity index (χ2v) is 3.84. The minimum atomic E-state index is -0.994.